The summed E-state index contributed by atoms with van der Waals surface area (Å²) in [7, 11) is 3.66. The fourth-order valence-electron chi connectivity index (χ4n) is 3.45. The quantitative estimate of drug-likeness (QED) is 0.562. The molecule has 4 aromatic rings. The molecule has 0 aliphatic carbocycles. The first-order valence-corrected chi connectivity index (χ1v) is 9.34. The molecular weight excluding hydrogens is 362 g/mol. The third kappa shape index (κ3) is 3.50. The van der Waals surface area contributed by atoms with Crippen molar-refractivity contribution in [2.24, 2.45) is 7.05 Å². The van der Waals surface area contributed by atoms with E-state index in [1.807, 2.05) is 90.8 Å². The predicted molar refractivity (Wildman–Crippen MR) is 118 cm³/mol. The predicted octanol–water partition coefficient (Wildman–Crippen LogP) is 4.56. The Morgan fingerprint density at radius 3 is 2.34 bits per heavy atom. The molecule has 1 amide bonds. The third-order valence-electron chi connectivity index (χ3n) is 5.06. The van der Waals surface area contributed by atoms with E-state index in [9.17, 15) is 9.59 Å². The van der Waals surface area contributed by atoms with Crippen LogP contribution in [0.3, 0.4) is 0 Å². The Hall–Kier alpha value is -3.86. The highest BCUT2D eigenvalue weighted by atomic mass is 16.2. The normalized spacial score (nSPS) is 10.7. The summed E-state index contributed by atoms with van der Waals surface area (Å²) in [5.74, 6) is -0.312. The lowest BCUT2D eigenvalue weighted by molar-refractivity contribution is 0.102. The van der Waals surface area contributed by atoms with E-state index in [1.165, 1.54) is 6.07 Å². The van der Waals surface area contributed by atoms with Crippen molar-refractivity contribution in [3.63, 3.8) is 0 Å². The molecular formula is C24H21N3O2. The van der Waals surface area contributed by atoms with Gasteiger partial charge in [-0.25, -0.2) is 0 Å². The van der Waals surface area contributed by atoms with Crippen molar-refractivity contribution in [1.82, 2.24) is 4.57 Å². The maximum Gasteiger partial charge on any atom is 0.256 e. The Bertz CT molecular complexity index is 1250. The number of aryl methyl sites for hydroxylation is 1. The van der Waals surface area contributed by atoms with Gasteiger partial charge < -0.3 is 14.8 Å². The molecule has 5 nitrogen and oxygen atoms in total. The monoisotopic (exact) mass is 383 g/mol. The second-order valence-corrected chi connectivity index (χ2v) is 6.84. The van der Waals surface area contributed by atoms with E-state index in [4.69, 9.17) is 0 Å². The number of nitrogens with zero attached hydrogens (tertiary/aromatic N) is 2. The van der Waals surface area contributed by atoms with Gasteiger partial charge in [-0.05, 0) is 30.3 Å². The van der Waals surface area contributed by atoms with Crippen molar-refractivity contribution in [2.45, 2.75) is 0 Å². The molecule has 4 rings (SSSR count). The number of fused-ring (bicyclic) bond motifs is 1. The lowest BCUT2D eigenvalue weighted by Gasteiger charge is -2.23. The van der Waals surface area contributed by atoms with Crippen LogP contribution in [0, 0.1) is 0 Å². The van der Waals surface area contributed by atoms with Crippen LogP contribution in [0.15, 0.2) is 89.7 Å². The van der Waals surface area contributed by atoms with Crippen LogP contribution >= 0.6 is 0 Å². The Balaban J connectivity index is 1.73. The standard InChI is InChI=1S/C24H21N3O2/c1-26(17-10-4-3-5-11-17)22-15-9-7-13-20(22)25-24(29)19-16-23(28)27(2)21-14-8-6-12-18(19)21/h3-16H,1-2H3,(H,25,29). The highest BCUT2D eigenvalue weighted by Gasteiger charge is 2.16. The van der Waals surface area contributed by atoms with Crippen LogP contribution in [0.5, 0.6) is 0 Å². The van der Waals surface area contributed by atoms with Gasteiger partial charge >= 0.3 is 0 Å². The zero-order chi connectivity index (χ0) is 20.4. The van der Waals surface area contributed by atoms with Crippen LogP contribution in [-0.2, 0) is 7.05 Å². The highest BCUT2D eigenvalue weighted by Crippen LogP contribution is 2.31. The number of para-hydroxylation sites is 4. The number of carbonyl (C=O) groups excluding carboxylic acids is 1. The zero-order valence-corrected chi connectivity index (χ0v) is 16.3. The van der Waals surface area contributed by atoms with Crippen LogP contribution < -0.4 is 15.8 Å². The van der Waals surface area contributed by atoms with Crippen LogP contribution in [-0.4, -0.2) is 17.5 Å². The van der Waals surface area contributed by atoms with Gasteiger partial charge in [0.05, 0.1) is 22.5 Å². The molecule has 0 radical (unpaired) electrons. The molecule has 29 heavy (non-hydrogen) atoms. The Morgan fingerprint density at radius 1 is 0.897 bits per heavy atom. The fourth-order valence-corrected chi connectivity index (χ4v) is 3.45. The topological polar surface area (TPSA) is 54.3 Å². The van der Waals surface area contributed by atoms with E-state index in [0.29, 0.717) is 11.3 Å². The number of hydrogen-bond acceptors (Lipinski definition) is 3. The minimum Gasteiger partial charge on any atom is -0.343 e. The van der Waals surface area contributed by atoms with Gasteiger partial charge in [0.1, 0.15) is 0 Å². The molecule has 0 unspecified atom stereocenters. The Kier molecular flexibility index (Phi) is 4.87. The first kappa shape index (κ1) is 18.5. The fraction of sp³-hybridized carbons (Fsp3) is 0.0833. The van der Waals surface area contributed by atoms with E-state index in [-0.39, 0.29) is 11.5 Å². The average Bonchev–Trinajstić information content (AvgIpc) is 2.76. The number of hydrogen-bond donors (Lipinski definition) is 1. The Labute approximate surface area is 168 Å². The highest BCUT2D eigenvalue weighted by molar-refractivity contribution is 6.13. The molecule has 0 saturated carbocycles. The molecule has 0 atom stereocenters. The van der Waals surface area contributed by atoms with Gasteiger partial charge in [-0.3, -0.25) is 9.59 Å². The first-order chi connectivity index (χ1) is 14.1. The number of rotatable bonds is 4. The van der Waals surface area contributed by atoms with Crippen molar-refractivity contribution in [3.05, 3.63) is 101 Å². The van der Waals surface area contributed by atoms with E-state index >= 15 is 0 Å². The summed E-state index contributed by atoms with van der Waals surface area (Å²) in [5.41, 5.74) is 3.41. The number of amides is 1. The summed E-state index contributed by atoms with van der Waals surface area (Å²) in [5, 5.41) is 3.72. The van der Waals surface area contributed by atoms with Crippen molar-refractivity contribution >= 4 is 33.9 Å². The van der Waals surface area contributed by atoms with Crippen molar-refractivity contribution in [3.8, 4) is 0 Å². The van der Waals surface area contributed by atoms with E-state index < -0.39 is 0 Å². The van der Waals surface area contributed by atoms with Crippen LogP contribution in [0.1, 0.15) is 10.4 Å². The largest absolute Gasteiger partial charge is 0.343 e. The molecule has 0 saturated heterocycles. The molecule has 144 valence electrons. The Morgan fingerprint density at radius 2 is 1.55 bits per heavy atom. The van der Waals surface area contributed by atoms with Gasteiger partial charge in [-0.15, -0.1) is 0 Å². The molecule has 1 aromatic heterocycles. The number of nitrogens with one attached hydrogen (secondary N) is 1. The molecule has 0 fully saturated rings. The minimum atomic E-state index is -0.312. The van der Waals surface area contributed by atoms with Crippen molar-refractivity contribution in [2.75, 3.05) is 17.3 Å². The lowest BCUT2D eigenvalue weighted by Crippen LogP contribution is -2.22. The van der Waals surface area contributed by atoms with E-state index in [1.54, 1.807) is 11.6 Å². The first-order valence-electron chi connectivity index (χ1n) is 9.34. The summed E-state index contributed by atoms with van der Waals surface area (Å²) in [6.07, 6.45) is 0. The second-order valence-electron chi connectivity index (χ2n) is 6.84. The molecule has 5 heteroatoms. The number of aromatic nitrogens is 1. The molecule has 1 N–H and O–H groups in total. The van der Waals surface area contributed by atoms with E-state index in [0.717, 1.165) is 22.3 Å². The van der Waals surface area contributed by atoms with Gasteiger partial charge in [0.25, 0.3) is 11.5 Å². The van der Waals surface area contributed by atoms with Crippen molar-refractivity contribution in [1.29, 1.82) is 0 Å². The van der Waals surface area contributed by atoms with Crippen LogP contribution in [0.25, 0.3) is 10.9 Å². The summed E-state index contributed by atoms with van der Waals surface area (Å²) >= 11 is 0. The number of anilines is 3. The summed E-state index contributed by atoms with van der Waals surface area (Å²) in [4.78, 5) is 27.5. The third-order valence-corrected chi connectivity index (χ3v) is 5.06. The van der Waals surface area contributed by atoms with Gasteiger partial charge in [-0.1, -0.05) is 48.5 Å². The minimum absolute atomic E-state index is 0.219. The van der Waals surface area contributed by atoms with E-state index in [2.05, 4.69) is 5.32 Å². The maximum atomic E-state index is 13.1. The summed E-state index contributed by atoms with van der Waals surface area (Å²) < 4.78 is 1.54. The molecule has 0 aliphatic heterocycles. The maximum absolute atomic E-state index is 13.1. The smallest absolute Gasteiger partial charge is 0.256 e. The number of benzene rings is 3. The molecule has 1 heterocycles. The van der Waals surface area contributed by atoms with Gasteiger partial charge in [0.2, 0.25) is 0 Å². The molecule has 3 aromatic carbocycles. The van der Waals surface area contributed by atoms with Gasteiger partial charge in [0.15, 0.2) is 0 Å². The average molecular weight is 383 g/mol. The molecule has 0 aliphatic rings. The number of carbonyl (C=O) groups is 1. The summed E-state index contributed by atoms with van der Waals surface area (Å²) in [6, 6.07) is 26.3. The molecule has 0 bridgehead atoms. The second kappa shape index (κ2) is 7.64. The van der Waals surface area contributed by atoms with Gasteiger partial charge in [0, 0.05) is 31.2 Å². The number of pyridine rings is 1. The zero-order valence-electron chi connectivity index (χ0n) is 16.3. The molecule has 0 spiro atoms. The summed E-state index contributed by atoms with van der Waals surface area (Å²) in [6.45, 7) is 0. The van der Waals surface area contributed by atoms with Crippen molar-refractivity contribution < 1.29 is 4.79 Å². The van der Waals surface area contributed by atoms with Crippen LogP contribution in [0.2, 0.25) is 0 Å². The SMILES string of the molecule is CN(c1ccccc1)c1ccccc1NC(=O)c1cc(=O)n(C)c2ccccc12. The van der Waals surface area contributed by atoms with Gasteiger partial charge in [-0.2, -0.15) is 0 Å². The lowest BCUT2D eigenvalue weighted by atomic mass is 10.1. The van der Waals surface area contributed by atoms with Crippen LogP contribution in [0.4, 0.5) is 17.1 Å².